The van der Waals surface area contributed by atoms with E-state index in [0.717, 1.165) is 5.69 Å². The van der Waals surface area contributed by atoms with Gasteiger partial charge in [0.2, 0.25) is 0 Å². The lowest BCUT2D eigenvalue weighted by Crippen LogP contribution is -2.05. The molecule has 0 aliphatic carbocycles. The molecule has 4 heteroatoms. The average molecular weight is 232 g/mol. The topological polar surface area (TPSA) is 42.1 Å². The maximum absolute atomic E-state index is 11.2. The van der Waals surface area contributed by atoms with Gasteiger partial charge in [0.15, 0.2) is 0 Å². The van der Waals surface area contributed by atoms with Crippen molar-refractivity contribution in [3.8, 4) is 0 Å². The van der Waals surface area contributed by atoms with Crippen LogP contribution in [0.15, 0.2) is 12.3 Å². The third kappa shape index (κ3) is 1.88. The Balaban J connectivity index is 2.79. The molecule has 0 radical (unpaired) electrons. The molecule has 0 atom stereocenters. The molecule has 0 bridgehead atoms. The van der Waals surface area contributed by atoms with E-state index in [2.05, 4.69) is 20.9 Å². The SMILES string of the molecule is CCOC(=O)c1cc[nH]c1CBr. The largest absolute Gasteiger partial charge is 0.462 e. The zero-order chi connectivity index (χ0) is 8.97. The highest BCUT2D eigenvalue weighted by atomic mass is 79.9. The molecule has 0 spiro atoms. The molecule has 3 nitrogen and oxygen atoms in total. The van der Waals surface area contributed by atoms with Crippen molar-refractivity contribution in [2.75, 3.05) is 6.61 Å². The van der Waals surface area contributed by atoms with E-state index >= 15 is 0 Å². The first-order valence-corrected chi connectivity index (χ1v) is 4.81. The lowest BCUT2D eigenvalue weighted by molar-refractivity contribution is 0.0525. The minimum atomic E-state index is -0.270. The summed E-state index contributed by atoms with van der Waals surface area (Å²) in [6.07, 6.45) is 1.73. The van der Waals surface area contributed by atoms with Crippen molar-refractivity contribution >= 4 is 21.9 Å². The Morgan fingerprint density at radius 1 is 1.75 bits per heavy atom. The summed E-state index contributed by atoms with van der Waals surface area (Å²) >= 11 is 3.27. The molecule has 1 rings (SSSR count). The maximum atomic E-state index is 11.2. The summed E-state index contributed by atoms with van der Waals surface area (Å²) in [4.78, 5) is 14.2. The number of hydrogen-bond donors (Lipinski definition) is 1. The van der Waals surface area contributed by atoms with Crippen LogP contribution in [-0.2, 0) is 10.1 Å². The number of aromatic amines is 1. The Morgan fingerprint density at radius 3 is 3.08 bits per heavy atom. The van der Waals surface area contributed by atoms with Gasteiger partial charge < -0.3 is 9.72 Å². The van der Waals surface area contributed by atoms with Crippen molar-refractivity contribution in [1.82, 2.24) is 4.98 Å². The van der Waals surface area contributed by atoms with Crippen molar-refractivity contribution in [3.63, 3.8) is 0 Å². The van der Waals surface area contributed by atoms with Gasteiger partial charge in [0.1, 0.15) is 0 Å². The Hall–Kier alpha value is -0.770. The second-order valence-corrected chi connectivity index (χ2v) is 2.78. The number of hydrogen-bond acceptors (Lipinski definition) is 2. The van der Waals surface area contributed by atoms with Gasteiger partial charge in [0.05, 0.1) is 12.2 Å². The number of aromatic nitrogens is 1. The molecule has 0 saturated carbocycles. The van der Waals surface area contributed by atoms with Crippen molar-refractivity contribution in [2.24, 2.45) is 0 Å². The van der Waals surface area contributed by atoms with Crippen LogP contribution in [0.5, 0.6) is 0 Å². The maximum Gasteiger partial charge on any atom is 0.339 e. The van der Waals surface area contributed by atoms with Crippen molar-refractivity contribution in [1.29, 1.82) is 0 Å². The van der Waals surface area contributed by atoms with Crippen molar-refractivity contribution in [3.05, 3.63) is 23.5 Å². The van der Waals surface area contributed by atoms with Gasteiger partial charge in [-0.3, -0.25) is 0 Å². The van der Waals surface area contributed by atoms with E-state index in [1.165, 1.54) is 0 Å². The molecule has 0 amide bonds. The van der Waals surface area contributed by atoms with Crippen molar-refractivity contribution < 1.29 is 9.53 Å². The first-order valence-electron chi connectivity index (χ1n) is 3.69. The molecular weight excluding hydrogens is 222 g/mol. The van der Waals surface area contributed by atoms with Crippen LogP contribution in [0.25, 0.3) is 0 Å². The molecule has 0 unspecified atom stereocenters. The van der Waals surface area contributed by atoms with E-state index in [4.69, 9.17) is 4.74 Å². The lowest BCUT2D eigenvalue weighted by atomic mass is 10.2. The van der Waals surface area contributed by atoms with Gasteiger partial charge >= 0.3 is 5.97 Å². The molecule has 1 heterocycles. The van der Waals surface area contributed by atoms with Crippen LogP contribution in [0.3, 0.4) is 0 Å². The predicted molar refractivity (Wildman–Crippen MR) is 49.4 cm³/mol. The van der Waals surface area contributed by atoms with Gasteiger partial charge in [-0.2, -0.15) is 0 Å². The van der Waals surface area contributed by atoms with Crippen LogP contribution in [0, 0.1) is 0 Å². The van der Waals surface area contributed by atoms with E-state index in [-0.39, 0.29) is 5.97 Å². The third-order valence-electron chi connectivity index (χ3n) is 1.46. The van der Waals surface area contributed by atoms with Crippen LogP contribution in [0.1, 0.15) is 23.0 Å². The Bertz CT molecular complexity index is 270. The summed E-state index contributed by atoms with van der Waals surface area (Å²) in [5, 5.41) is 0.633. The molecule has 0 aliphatic heterocycles. The van der Waals surface area contributed by atoms with Gasteiger partial charge in [0, 0.05) is 17.2 Å². The number of esters is 1. The zero-order valence-corrected chi connectivity index (χ0v) is 8.35. The number of alkyl halides is 1. The summed E-state index contributed by atoms with van der Waals surface area (Å²) in [5.41, 5.74) is 1.46. The molecule has 12 heavy (non-hydrogen) atoms. The van der Waals surface area contributed by atoms with Crippen LogP contribution in [-0.4, -0.2) is 17.6 Å². The smallest absolute Gasteiger partial charge is 0.339 e. The molecule has 1 N–H and O–H groups in total. The van der Waals surface area contributed by atoms with E-state index in [1.54, 1.807) is 19.2 Å². The summed E-state index contributed by atoms with van der Waals surface area (Å²) in [6.45, 7) is 2.20. The molecule has 1 aromatic rings. The average Bonchev–Trinajstić information content (AvgIpc) is 2.51. The fraction of sp³-hybridized carbons (Fsp3) is 0.375. The minimum absolute atomic E-state index is 0.270. The first kappa shape index (κ1) is 9.32. The number of carbonyl (C=O) groups is 1. The monoisotopic (exact) mass is 231 g/mol. The van der Waals surface area contributed by atoms with Crippen LogP contribution in [0.4, 0.5) is 0 Å². The molecule has 0 saturated heterocycles. The highest BCUT2D eigenvalue weighted by Gasteiger charge is 2.11. The molecule has 0 fully saturated rings. The summed E-state index contributed by atoms with van der Waals surface area (Å²) in [6, 6.07) is 1.72. The van der Waals surface area contributed by atoms with Gasteiger partial charge in [0.25, 0.3) is 0 Å². The highest BCUT2D eigenvalue weighted by molar-refractivity contribution is 9.08. The van der Waals surface area contributed by atoms with E-state index in [0.29, 0.717) is 17.5 Å². The zero-order valence-electron chi connectivity index (χ0n) is 6.76. The number of rotatable bonds is 3. The van der Waals surface area contributed by atoms with Gasteiger partial charge in [-0.05, 0) is 13.0 Å². The first-order chi connectivity index (χ1) is 5.79. The molecule has 66 valence electrons. The number of ether oxygens (including phenoxy) is 1. The number of carbonyl (C=O) groups excluding carboxylic acids is 1. The second kappa shape index (κ2) is 4.30. The minimum Gasteiger partial charge on any atom is -0.462 e. The quantitative estimate of drug-likeness (QED) is 0.640. The highest BCUT2D eigenvalue weighted by Crippen LogP contribution is 2.11. The number of H-pyrrole nitrogens is 1. The van der Waals surface area contributed by atoms with Gasteiger partial charge in [-0.1, -0.05) is 15.9 Å². The molecular formula is C8H10BrNO2. The predicted octanol–water partition coefficient (Wildman–Crippen LogP) is 2.09. The molecule has 0 aliphatic rings. The van der Waals surface area contributed by atoms with Crippen LogP contribution in [0.2, 0.25) is 0 Å². The third-order valence-corrected chi connectivity index (χ3v) is 2.02. The summed E-state index contributed by atoms with van der Waals surface area (Å²) in [5.74, 6) is -0.270. The molecule has 0 aromatic carbocycles. The molecule has 1 aromatic heterocycles. The van der Waals surface area contributed by atoms with Crippen molar-refractivity contribution in [2.45, 2.75) is 12.3 Å². The standard InChI is InChI=1S/C8H10BrNO2/c1-2-12-8(11)6-3-4-10-7(6)5-9/h3-4,10H,2,5H2,1H3. The lowest BCUT2D eigenvalue weighted by Gasteiger charge is -2.00. The van der Waals surface area contributed by atoms with Crippen LogP contribution >= 0.6 is 15.9 Å². The second-order valence-electron chi connectivity index (χ2n) is 2.22. The fourth-order valence-electron chi connectivity index (χ4n) is 0.915. The van der Waals surface area contributed by atoms with E-state index in [9.17, 15) is 4.79 Å². The van der Waals surface area contributed by atoms with Gasteiger partial charge in [-0.25, -0.2) is 4.79 Å². The Morgan fingerprint density at radius 2 is 2.50 bits per heavy atom. The Labute approximate surface area is 79.2 Å². The Kier molecular flexibility index (Phi) is 3.34. The summed E-state index contributed by atoms with van der Waals surface area (Å²) in [7, 11) is 0. The number of nitrogens with one attached hydrogen (secondary N) is 1. The number of halogens is 1. The van der Waals surface area contributed by atoms with E-state index < -0.39 is 0 Å². The normalized spacial score (nSPS) is 9.83. The van der Waals surface area contributed by atoms with Crippen LogP contribution < -0.4 is 0 Å². The fourth-order valence-corrected chi connectivity index (χ4v) is 1.38. The van der Waals surface area contributed by atoms with E-state index in [1.807, 2.05) is 0 Å². The summed E-state index contributed by atoms with van der Waals surface area (Å²) < 4.78 is 4.85. The van der Waals surface area contributed by atoms with Gasteiger partial charge in [-0.15, -0.1) is 0 Å².